The highest BCUT2D eigenvalue weighted by Crippen LogP contribution is 2.21. The smallest absolute Gasteiger partial charge is 0.211 e. The minimum absolute atomic E-state index is 0.164. The molecule has 18 heavy (non-hydrogen) atoms. The van der Waals surface area contributed by atoms with Crippen LogP contribution in [0.25, 0.3) is 0 Å². The molecule has 0 radical (unpaired) electrons. The Morgan fingerprint density at radius 2 is 2.11 bits per heavy atom. The molecule has 1 aromatic rings. The molecule has 98 valence electrons. The Morgan fingerprint density at radius 1 is 1.39 bits per heavy atom. The number of halogens is 2. The van der Waals surface area contributed by atoms with Crippen LogP contribution in [0.15, 0.2) is 22.3 Å². The third kappa shape index (κ3) is 4.00. The molecule has 0 atom stereocenters. The molecule has 0 aliphatic carbocycles. The highest BCUT2D eigenvalue weighted by Gasteiger charge is 2.11. The van der Waals surface area contributed by atoms with E-state index < -0.39 is 11.6 Å². The van der Waals surface area contributed by atoms with Gasteiger partial charge in [-0.15, -0.1) is 5.10 Å². The molecular formula is C11H14F2N4O. The summed E-state index contributed by atoms with van der Waals surface area (Å²) in [6.45, 7) is 2.16. The second-order valence-corrected chi connectivity index (χ2v) is 3.43. The number of rotatable bonds is 5. The first-order chi connectivity index (χ1) is 8.54. The molecule has 0 unspecified atom stereocenters. The van der Waals surface area contributed by atoms with E-state index in [1.165, 1.54) is 12.3 Å². The molecule has 0 saturated carbocycles. The Bertz CT molecular complexity index is 470. The molecule has 0 aliphatic heterocycles. The van der Waals surface area contributed by atoms with Gasteiger partial charge in [0, 0.05) is 5.56 Å². The molecule has 5 nitrogen and oxygen atoms in total. The molecule has 0 aromatic heterocycles. The van der Waals surface area contributed by atoms with Gasteiger partial charge in [-0.1, -0.05) is 6.92 Å². The van der Waals surface area contributed by atoms with Crippen molar-refractivity contribution >= 4 is 12.2 Å². The van der Waals surface area contributed by atoms with Crippen molar-refractivity contribution in [2.45, 2.75) is 13.3 Å². The minimum atomic E-state index is -1.03. The molecule has 0 spiro atoms. The second-order valence-electron chi connectivity index (χ2n) is 3.43. The van der Waals surface area contributed by atoms with Crippen LogP contribution in [-0.2, 0) is 0 Å². The molecule has 0 heterocycles. The van der Waals surface area contributed by atoms with E-state index in [1.54, 1.807) is 0 Å². The Hall–Kier alpha value is -2.18. The predicted molar refractivity (Wildman–Crippen MR) is 65.5 cm³/mol. The van der Waals surface area contributed by atoms with Crippen molar-refractivity contribution in [1.29, 1.82) is 0 Å². The van der Waals surface area contributed by atoms with E-state index in [9.17, 15) is 8.78 Å². The van der Waals surface area contributed by atoms with Gasteiger partial charge < -0.3 is 16.2 Å². The van der Waals surface area contributed by atoms with Gasteiger partial charge in [0.25, 0.3) is 0 Å². The summed E-state index contributed by atoms with van der Waals surface area (Å²) in [5.41, 5.74) is 10.4. The van der Waals surface area contributed by atoms with E-state index in [0.717, 1.165) is 6.07 Å². The van der Waals surface area contributed by atoms with Gasteiger partial charge >= 0.3 is 0 Å². The first kappa shape index (κ1) is 13.9. The fourth-order valence-electron chi connectivity index (χ4n) is 1.14. The van der Waals surface area contributed by atoms with Crippen LogP contribution in [0.2, 0.25) is 0 Å². The monoisotopic (exact) mass is 256 g/mol. The van der Waals surface area contributed by atoms with E-state index in [1.807, 2.05) is 6.92 Å². The van der Waals surface area contributed by atoms with Crippen molar-refractivity contribution in [3.63, 3.8) is 0 Å². The zero-order valence-electron chi connectivity index (χ0n) is 9.86. The topological polar surface area (TPSA) is 86.0 Å². The average molecular weight is 256 g/mol. The van der Waals surface area contributed by atoms with E-state index in [-0.39, 0.29) is 11.7 Å². The van der Waals surface area contributed by atoms with Crippen LogP contribution >= 0.6 is 0 Å². The van der Waals surface area contributed by atoms with E-state index in [0.29, 0.717) is 18.6 Å². The predicted octanol–water partition coefficient (Wildman–Crippen LogP) is 1.36. The Labute approximate surface area is 103 Å². The maximum atomic E-state index is 13.3. The Morgan fingerprint density at radius 3 is 2.72 bits per heavy atom. The number of nitrogens with zero attached hydrogens (tertiary/aromatic N) is 2. The van der Waals surface area contributed by atoms with Crippen LogP contribution in [0, 0.1) is 11.6 Å². The van der Waals surface area contributed by atoms with Gasteiger partial charge in [-0.25, -0.2) is 4.39 Å². The molecule has 1 rings (SSSR count). The van der Waals surface area contributed by atoms with Crippen molar-refractivity contribution in [3.05, 3.63) is 29.3 Å². The lowest BCUT2D eigenvalue weighted by Crippen LogP contribution is -2.21. The maximum Gasteiger partial charge on any atom is 0.211 e. The molecule has 0 saturated heterocycles. The van der Waals surface area contributed by atoms with Crippen molar-refractivity contribution in [2.75, 3.05) is 6.61 Å². The summed E-state index contributed by atoms with van der Waals surface area (Å²) >= 11 is 0. The number of guanidine groups is 1. The average Bonchev–Trinajstić information content (AvgIpc) is 2.31. The largest absolute Gasteiger partial charge is 0.490 e. The summed E-state index contributed by atoms with van der Waals surface area (Å²) in [7, 11) is 0. The normalized spacial score (nSPS) is 10.6. The third-order valence-corrected chi connectivity index (χ3v) is 1.86. The van der Waals surface area contributed by atoms with Crippen LogP contribution in [0.3, 0.4) is 0 Å². The summed E-state index contributed by atoms with van der Waals surface area (Å²) in [6, 6.07) is 2.29. The molecule has 1 aromatic carbocycles. The van der Waals surface area contributed by atoms with Gasteiger partial charge in [-0.3, -0.25) is 0 Å². The number of benzene rings is 1. The van der Waals surface area contributed by atoms with Gasteiger partial charge in [0.05, 0.1) is 12.8 Å². The van der Waals surface area contributed by atoms with Crippen LogP contribution in [0.4, 0.5) is 8.78 Å². The summed E-state index contributed by atoms with van der Waals surface area (Å²) < 4.78 is 31.7. The van der Waals surface area contributed by atoms with Crippen molar-refractivity contribution in [3.8, 4) is 5.75 Å². The van der Waals surface area contributed by atoms with Gasteiger partial charge in [0.2, 0.25) is 11.8 Å². The van der Waals surface area contributed by atoms with E-state index >= 15 is 0 Å². The second kappa shape index (κ2) is 6.53. The molecule has 0 bridgehead atoms. The number of hydrogen-bond acceptors (Lipinski definition) is 3. The van der Waals surface area contributed by atoms with Crippen molar-refractivity contribution in [1.82, 2.24) is 0 Å². The number of hydrogen-bond donors (Lipinski definition) is 2. The van der Waals surface area contributed by atoms with Crippen LogP contribution in [0.1, 0.15) is 18.9 Å². The molecule has 4 N–H and O–H groups in total. The Kier molecular flexibility index (Phi) is 5.04. The summed E-state index contributed by atoms with van der Waals surface area (Å²) in [6.07, 6.45) is 1.88. The first-order valence-electron chi connectivity index (χ1n) is 5.28. The third-order valence-electron chi connectivity index (χ3n) is 1.86. The first-order valence-corrected chi connectivity index (χ1v) is 5.28. The van der Waals surface area contributed by atoms with Crippen molar-refractivity contribution in [2.24, 2.45) is 21.7 Å². The minimum Gasteiger partial charge on any atom is -0.490 e. The van der Waals surface area contributed by atoms with Crippen molar-refractivity contribution < 1.29 is 13.5 Å². The summed E-state index contributed by atoms with van der Waals surface area (Å²) in [5.74, 6) is -2.43. The lowest BCUT2D eigenvalue weighted by atomic mass is 10.2. The fourth-order valence-corrected chi connectivity index (χ4v) is 1.14. The molecule has 7 heteroatoms. The molecule has 0 aliphatic rings. The number of nitrogens with two attached hydrogens (primary N) is 2. The van der Waals surface area contributed by atoms with Gasteiger partial charge in [0.1, 0.15) is 0 Å². The summed E-state index contributed by atoms with van der Waals surface area (Å²) in [5, 5.41) is 6.85. The standard InChI is InChI=1S/C11H14F2N4O/c1-2-3-18-9-5-7(4-8(12)10(9)13)6-16-17-11(14)15/h4-6H,2-3H2,1H3,(H4,14,15,17). The SMILES string of the molecule is CCCOc1cc(C=NN=C(N)N)cc(F)c1F. The highest BCUT2D eigenvalue weighted by atomic mass is 19.2. The van der Waals surface area contributed by atoms with Gasteiger partial charge in [-0.05, 0) is 18.6 Å². The Balaban J connectivity index is 2.96. The quantitative estimate of drug-likeness (QED) is 0.474. The highest BCUT2D eigenvalue weighted by molar-refractivity contribution is 5.82. The van der Waals surface area contributed by atoms with E-state index in [2.05, 4.69) is 10.2 Å². The van der Waals surface area contributed by atoms with Crippen LogP contribution in [0.5, 0.6) is 5.75 Å². The van der Waals surface area contributed by atoms with Crippen LogP contribution < -0.4 is 16.2 Å². The molecule has 0 amide bonds. The number of ether oxygens (including phenoxy) is 1. The molecule has 0 fully saturated rings. The van der Waals surface area contributed by atoms with Gasteiger partial charge in [0.15, 0.2) is 11.6 Å². The maximum absolute atomic E-state index is 13.3. The van der Waals surface area contributed by atoms with Crippen LogP contribution in [-0.4, -0.2) is 18.8 Å². The van der Waals surface area contributed by atoms with E-state index in [4.69, 9.17) is 16.2 Å². The molecular weight excluding hydrogens is 242 g/mol. The lowest BCUT2D eigenvalue weighted by molar-refractivity contribution is 0.295. The zero-order valence-corrected chi connectivity index (χ0v) is 9.86. The summed E-state index contributed by atoms with van der Waals surface area (Å²) in [4.78, 5) is 0. The zero-order chi connectivity index (χ0) is 13.5. The van der Waals surface area contributed by atoms with Gasteiger partial charge in [-0.2, -0.15) is 9.49 Å². The fraction of sp³-hybridized carbons (Fsp3) is 0.273. The lowest BCUT2D eigenvalue weighted by Gasteiger charge is -2.07.